The van der Waals surface area contributed by atoms with E-state index in [9.17, 15) is 20.1 Å². The fourth-order valence-electron chi connectivity index (χ4n) is 4.43. The molecule has 0 radical (unpaired) electrons. The van der Waals surface area contributed by atoms with Gasteiger partial charge < -0.3 is 36.1 Å². The minimum absolute atomic E-state index is 0.282. The van der Waals surface area contributed by atoms with Crippen LogP contribution < -0.4 is 11.1 Å². The van der Waals surface area contributed by atoms with Gasteiger partial charge in [-0.15, -0.1) is 0 Å². The van der Waals surface area contributed by atoms with Gasteiger partial charge in [0.1, 0.15) is 30.2 Å². The van der Waals surface area contributed by atoms with Crippen molar-refractivity contribution in [3.63, 3.8) is 0 Å². The van der Waals surface area contributed by atoms with Crippen LogP contribution in [-0.2, 0) is 16.0 Å². The molecule has 7 N–H and O–H groups in total. The monoisotopic (exact) mass is 467 g/mol. The Bertz CT molecular complexity index is 1350. The predicted octanol–water partition coefficient (Wildman–Crippen LogP) is -0.182. The summed E-state index contributed by atoms with van der Waals surface area (Å²) >= 11 is 0. The van der Waals surface area contributed by atoms with Crippen molar-refractivity contribution in [1.29, 1.82) is 0 Å². The standard InChI is InChI=1S/C22H25N7O5/c1-22(33)17(31)15(8-30)34-21(22)29-10-27-16-19(25-9-26-20(16)29)28-14(18(23)32)6-11-7-24-13-5-3-2-4-12(11)13/h2-5,7,9-10,14-15,17,21,24,30-31,33H,6,8H2,1H3,(H2,23,32)(H,25,26,28)/t14?,15-,17-,21-,22-/m1/s1. The number of anilines is 1. The van der Waals surface area contributed by atoms with Crippen LogP contribution in [0, 0.1) is 0 Å². The molecule has 1 fully saturated rings. The van der Waals surface area contributed by atoms with Crippen LogP contribution in [0.15, 0.2) is 43.1 Å². The van der Waals surface area contributed by atoms with Crippen LogP contribution in [0.25, 0.3) is 22.1 Å². The Balaban J connectivity index is 1.46. The Morgan fingerprint density at radius 1 is 1.35 bits per heavy atom. The third kappa shape index (κ3) is 3.56. The number of nitrogens with zero attached hydrogens (tertiary/aromatic N) is 4. The van der Waals surface area contributed by atoms with Crippen molar-refractivity contribution in [2.75, 3.05) is 11.9 Å². The van der Waals surface area contributed by atoms with E-state index in [4.69, 9.17) is 10.5 Å². The molecule has 1 aliphatic heterocycles. The fourth-order valence-corrected chi connectivity index (χ4v) is 4.43. The van der Waals surface area contributed by atoms with Crippen molar-refractivity contribution >= 4 is 33.8 Å². The molecule has 12 nitrogen and oxygen atoms in total. The molecule has 5 rings (SSSR count). The molecule has 4 heterocycles. The smallest absolute Gasteiger partial charge is 0.240 e. The average Bonchev–Trinajstić information content (AvgIpc) is 3.49. The van der Waals surface area contributed by atoms with Crippen LogP contribution in [0.3, 0.4) is 0 Å². The molecule has 0 saturated carbocycles. The zero-order valence-electron chi connectivity index (χ0n) is 18.3. The molecule has 1 unspecified atom stereocenters. The maximum atomic E-state index is 12.3. The summed E-state index contributed by atoms with van der Waals surface area (Å²) < 4.78 is 7.13. The predicted molar refractivity (Wildman–Crippen MR) is 122 cm³/mol. The lowest BCUT2D eigenvalue weighted by atomic mass is 9.96. The van der Waals surface area contributed by atoms with Gasteiger partial charge in [0.15, 0.2) is 23.2 Å². The van der Waals surface area contributed by atoms with E-state index < -0.39 is 42.6 Å². The summed E-state index contributed by atoms with van der Waals surface area (Å²) in [4.78, 5) is 28.3. The number of para-hydroxylation sites is 1. The van der Waals surface area contributed by atoms with E-state index in [-0.39, 0.29) is 5.82 Å². The Labute approximate surface area is 193 Å². The number of nitrogens with one attached hydrogen (secondary N) is 2. The number of nitrogens with two attached hydrogens (primary N) is 1. The molecule has 1 aromatic carbocycles. The molecule has 12 heteroatoms. The maximum absolute atomic E-state index is 12.3. The number of aromatic nitrogens is 5. The van der Waals surface area contributed by atoms with Gasteiger partial charge in [0.05, 0.1) is 12.9 Å². The lowest BCUT2D eigenvalue weighted by Gasteiger charge is -2.27. The van der Waals surface area contributed by atoms with E-state index in [1.54, 1.807) is 0 Å². The van der Waals surface area contributed by atoms with Gasteiger partial charge in [-0.1, -0.05) is 18.2 Å². The van der Waals surface area contributed by atoms with Crippen molar-refractivity contribution in [2.24, 2.45) is 5.73 Å². The van der Waals surface area contributed by atoms with Gasteiger partial charge in [0.2, 0.25) is 5.91 Å². The molecule has 1 saturated heterocycles. The van der Waals surface area contributed by atoms with Crippen LogP contribution in [0.4, 0.5) is 5.82 Å². The number of imidazole rings is 1. The molecule has 3 aromatic heterocycles. The molecule has 0 bridgehead atoms. The van der Waals surface area contributed by atoms with Crippen LogP contribution >= 0.6 is 0 Å². The summed E-state index contributed by atoms with van der Waals surface area (Å²) in [5.74, 6) is -0.281. The lowest BCUT2D eigenvalue weighted by Crippen LogP contribution is -2.44. The zero-order chi connectivity index (χ0) is 24.0. The first-order valence-corrected chi connectivity index (χ1v) is 10.8. The number of primary amides is 1. The highest BCUT2D eigenvalue weighted by Gasteiger charge is 2.53. The molecular weight excluding hydrogens is 442 g/mol. The number of carbonyl (C=O) groups excluding carboxylic acids is 1. The highest BCUT2D eigenvalue weighted by atomic mass is 16.6. The molecule has 5 atom stereocenters. The molecule has 1 amide bonds. The summed E-state index contributed by atoms with van der Waals surface area (Å²) in [7, 11) is 0. The average molecular weight is 467 g/mol. The Morgan fingerprint density at radius 3 is 2.88 bits per heavy atom. The van der Waals surface area contributed by atoms with E-state index in [2.05, 4.69) is 25.3 Å². The molecule has 178 valence electrons. The Hall–Kier alpha value is -3.58. The molecule has 0 spiro atoms. The number of H-pyrrole nitrogens is 1. The van der Waals surface area contributed by atoms with Gasteiger partial charge in [0.25, 0.3) is 0 Å². The number of ether oxygens (including phenoxy) is 1. The second-order valence-electron chi connectivity index (χ2n) is 8.59. The number of rotatable bonds is 7. The van der Waals surface area contributed by atoms with Crippen LogP contribution in [0.2, 0.25) is 0 Å². The van der Waals surface area contributed by atoms with E-state index in [0.717, 1.165) is 16.5 Å². The summed E-state index contributed by atoms with van der Waals surface area (Å²) in [5.41, 5.74) is 6.50. The van der Waals surface area contributed by atoms with E-state index >= 15 is 0 Å². The Kier molecular flexibility index (Phi) is 5.44. The van der Waals surface area contributed by atoms with Gasteiger partial charge in [-0.25, -0.2) is 15.0 Å². The number of hydrogen-bond donors (Lipinski definition) is 6. The second-order valence-corrected chi connectivity index (χ2v) is 8.59. The van der Waals surface area contributed by atoms with Crippen molar-refractivity contribution in [3.05, 3.63) is 48.7 Å². The van der Waals surface area contributed by atoms with E-state index in [1.807, 2.05) is 30.5 Å². The van der Waals surface area contributed by atoms with Crippen molar-refractivity contribution in [1.82, 2.24) is 24.5 Å². The quantitative estimate of drug-likeness (QED) is 0.214. The van der Waals surface area contributed by atoms with Crippen LogP contribution in [-0.4, -0.2) is 76.2 Å². The number of amides is 1. The topological polar surface area (TPSA) is 184 Å². The summed E-state index contributed by atoms with van der Waals surface area (Å²) in [6.07, 6.45) is 1.52. The zero-order valence-corrected chi connectivity index (χ0v) is 18.3. The van der Waals surface area contributed by atoms with Crippen molar-refractivity contribution in [3.8, 4) is 0 Å². The van der Waals surface area contributed by atoms with E-state index in [1.165, 1.54) is 24.1 Å². The first-order valence-electron chi connectivity index (χ1n) is 10.8. The number of hydrogen-bond acceptors (Lipinski definition) is 9. The van der Waals surface area contributed by atoms with Gasteiger partial charge in [0, 0.05) is 23.5 Å². The van der Waals surface area contributed by atoms with Gasteiger partial charge in [-0.05, 0) is 18.6 Å². The van der Waals surface area contributed by atoms with Gasteiger partial charge in [-0.3, -0.25) is 9.36 Å². The first kappa shape index (κ1) is 22.2. The highest BCUT2D eigenvalue weighted by Crippen LogP contribution is 2.39. The number of aliphatic hydroxyl groups is 3. The lowest BCUT2D eigenvalue weighted by molar-refractivity contribution is -0.118. The first-order chi connectivity index (χ1) is 16.3. The number of carbonyl (C=O) groups is 1. The summed E-state index contributed by atoms with van der Waals surface area (Å²) in [6, 6.07) is 6.98. The summed E-state index contributed by atoms with van der Waals surface area (Å²) in [6.45, 7) is 0.949. The van der Waals surface area contributed by atoms with Crippen molar-refractivity contribution in [2.45, 2.75) is 43.4 Å². The summed E-state index contributed by atoms with van der Waals surface area (Å²) in [5, 5.41) is 34.7. The number of fused-ring (bicyclic) bond motifs is 2. The Morgan fingerprint density at radius 2 is 2.15 bits per heavy atom. The minimum Gasteiger partial charge on any atom is -0.394 e. The highest BCUT2D eigenvalue weighted by molar-refractivity contribution is 5.89. The number of aliphatic hydroxyl groups excluding tert-OH is 2. The molecule has 0 aliphatic carbocycles. The fraction of sp³-hybridized carbons (Fsp3) is 0.364. The van der Waals surface area contributed by atoms with Gasteiger partial charge in [-0.2, -0.15) is 0 Å². The molecular formula is C22H25N7O5. The SMILES string of the molecule is C[C@@]1(O)[C@H](O)[C@@H](CO)O[C@H]1n1cnc2c(NC(Cc3c[nH]c4ccccc34)C(N)=O)ncnc21. The van der Waals surface area contributed by atoms with Gasteiger partial charge >= 0.3 is 0 Å². The largest absolute Gasteiger partial charge is 0.394 e. The van der Waals surface area contributed by atoms with E-state index in [0.29, 0.717) is 17.6 Å². The normalized spacial score (nSPS) is 25.7. The van der Waals surface area contributed by atoms with Crippen LogP contribution in [0.1, 0.15) is 18.7 Å². The van der Waals surface area contributed by atoms with Crippen LogP contribution in [0.5, 0.6) is 0 Å². The third-order valence-corrected chi connectivity index (χ3v) is 6.30. The minimum atomic E-state index is -1.70. The van der Waals surface area contributed by atoms with Crippen molar-refractivity contribution < 1.29 is 24.9 Å². The molecule has 1 aliphatic rings. The third-order valence-electron chi connectivity index (χ3n) is 6.30. The number of benzene rings is 1. The molecule has 4 aromatic rings. The molecule has 34 heavy (non-hydrogen) atoms. The maximum Gasteiger partial charge on any atom is 0.240 e. The second kappa shape index (κ2) is 8.33. The number of aromatic amines is 1.